The molecular weight excluding hydrogens is 400 g/mol. The third-order valence-corrected chi connectivity index (χ3v) is 6.55. The van der Waals surface area contributed by atoms with E-state index in [-0.39, 0.29) is 12.1 Å². The molecule has 0 saturated carbocycles. The number of likely N-dealkylation sites (tertiary alicyclic amines) is 1. The van der Waals surface area contributed by atoms with Crippen molar-refractivity contribution in [2.75, 3.05) is 20.2 Å². The van der Waals surface area contributed by atoms with E-state index in [2.05, 4.69) is 4.98 Å². The summed E-state index contributed by atoms with van der Waals surface area (Å²) in [5.74, 6) is 0.154. The van der Waals surface area contributed by atoms with Gasteiger partial charge in [-0.15, -0.1) is 11.3 Å². The van der Waals surface area contributed by atoms with Crippen LogP contribution >= 0.6 is 11.3 Å². The van der Waals surface area contributed by atoms with Crippen molar-refractivity contribution in [2.24, 2.45) is 5.92 Å². The van der Waals surface area contributed by atoms with Gasteiger partial charge in [0, 0.05) is 25.5 Å². The Labute approximate surface area is 179 Å². The van der Waals surface area contributed by atoms with Gasteiger partial charge in [0.2, 0.25) is 0 Å². The number of methoxy groups -OCH3 is 1. The molecule has 3 heterocycles. The summed E-state index contributed by atoms with van der Waals surface area (Å²) in [6.07, 6.45) is 6.16. The van der Waals surface area contributed by atoms with E-state index in [1.54, 1.807) is 11.1 Å². The minimum Gasteiger partial charge on any atom is -0.465 e. The Bertz CT molecular complexity index is 1030. The largest absolute Gasteiger partial charge is 0.465 e. The molecule has 0 unspecified atom stereocenters. The lowest BCUT2D eigenvalue weighted by Crippen LogP contribution is -2.39. The molecule has 156 valence electrons. The number of nitrogens with zero attached hydrogens (tertiary/aromatic N) is 2. The molecule has 0 N–H and O–H groups in total. The lowest BCUT2D eigenvalue weighted by atomic mass is 9.90. The molecule has 1 aliphatic heterocycles. The number of pyridine rings is 1. The molecule has 0 atom stereocenters. The van der Waals surface area contributed by atoms with Gasteiger partial charge in [0.25, 0.3) is 0 Å². The zero-order valence-electron chi connectivity index (χ0n) is 16.9. The number of rotatable bonds is 5. The highest BCUT2D eigenvalue weighted by Gasteiger charge is 2.25. The van der Waals surface area contributed by atoms with E-state index in [0.29, 0.717) is 30.5 Å². The van der Waals surface area contributed by atoms with Gasteiger partial charge in [0.1, 0.15) is 11.5 Å². The lowest BCUT2D eigenvalue weighted by molar-refractivity contribution is 0.0606. The fraction of sp³-hybridized carbons (Fsp3) is 0.348. The summed E-state index contributed by atoms with van der Waals surface area (Å²) in [5.41, 5.74) is 2.13. The summed E-state index contributed by atoms with van der Waals surface area (Å²) in [5, 5.41) is 1.07. The monoisotopic (exact) mass is 424 g/mol. The summed E-state index contributed by atoms with van der Waals surface area (Å²) >= 11 is 1.41. The first-order chi connectivity index (χ1) is 14.6. The van der Waals surface area contributed by atoms with Crippen LogP contribution in [-0.2, 0) is 22.5 Å². The van der Waals surface area contributed by atoms with Crippen molar-refractivity contribution >= 4 is 33.5 Å². The zero-order valence-corrected chi connectivity index (χ0v) is 17.7. The summed E-state index contributed by atoms with van der Waals surface area (Å²) in [4.78, 5) is 30.9. The van der Waals surface area contributed by atoms with Gasteiger partial charge >= 0.3 is 12.1 Å². The normalized spacial score (nSPS) is 14.6. The Kier molecular flexibility index (Phi) is 6.28. The van der Waals surface area contributed by atoms with Crippen molar-refractivity contribution in [1.29, 1.82) is 0 Å². The molecule has 1 fully saturated rings. The number of fused-ring (bicyclic) bond motifs is 1. The Morgan fingerprint density at radius 1 is 1.17 bits per heavy atom. The van der Waals surface area contributed by atoms with Gasteiger partial charge in [-0.3, -0.25) is 4.98 Å². The van der Waals surface area contributed by atoms with Gasteiger partial charge in [-0.1, -0.05) is 30.3 Å². The maximum absolute atomic E-state index is 12.4. The van der Waals surface area contributed by atoms with Gasteiger partial charge in [0.05, 0.1) is 11.8 Å². The molecule has 0 aliphatic carbocycles. The van der Waals surface area contributed by atoms with Gasteiger partial charge in [-0.05, 0) is 47.8 Å². The summed E-state index contributed by atoms with van der Waals surface area (Å²) in [6.45, 7) is 1.69. The number of ether oxygens (including phenoxy) is 2. The van der Waals surface area contributed by atoms with Crippen LogP contribution in [0.25, 0.3) is 10.1 Å². The van der Waals surface area contributed by atoms with Crippen LogP contribution in [0.1, 0.15) is 33.6 Å². The molecule has 30 heavy (non-hydrogen) atoms. The number of benzene rings is 1. The lowest BCUT2D eigenvalue weighted by Gasteiger charge is -2.31. The van der Waals surface area contributed by atoms with E-state index in [9.17, 15) is 9.59 Å². The second-order valence-corrected chi connectivity index (χ2v) is 8.57. The molecule has 7 heteroatoms. The molecule has 1 aromatic carbocycles. The zero-order chi connectivity index (χ0) is 20.9. The Hall–Kier alpha value is -2.93. The minimum atomic E-state index is -0.315. The Morgan fingerprint density at radius 3 is 2.67 bits per heavy atom. The predicted molar refractivity (Wildman–Crippen MR) is 116 cm³/mol. The number of piperidine rings is 1. The van der Waals surface area contributed by atoms with Crippen LogP contribution in [0.15, 0.2) is 48.8 Å². The number of hydrogen-bond donors (Lipinski definition) is 0. The summed E-state index contributed by atoms with van der Waals surface area (Å²) in [6, 6.07) is 11.6. The number of carbonyl (C=O) groups excluding carboxylic acids is 2. The van der Waals surface area contributed by atoms with E-state index in [1.807, 2.05) is 42.6 Å². The first-order valence-corrected chi connectivity index (χ1v) is 10.9. The molecule has 2 aromatic heterocycles. The van der Waals surface area contributed by atoms with Crippen LogP contribution < -0.4 is 0 Å². The molecule has 6 nitrogen and oxygen atoms in total. The fourth-order valence-electron chi connectivity index (χ4n) is 3.82. The van der Waals surface area contributed by atoms with Crippen LogP contribution in [0.4, 0.5) is 4.79 Å². The van der Waals surface area contributed by atoms with Crippen LogP contribution in [0.5, 0.6) is 0 Å². The van der Waals surface area contributed by atoms with E-state index in [4.69, 9.17) is 9.47 Å². The Balaban J connectivity index is 1.33. The molecule has 1 saturated heterocycles. The van der Waals surface area contributed by atoms with Crippen LogP contribution in [0.2, 0.25) is 0 Å². The second-order valence-electron chi connectivity index (χ2n) is 7.49. The number of thiophene rings is 1. The quantitative estimate of drug-likeness (QED) is 0.557. The number of esters is 1. The molecule has 3 aromatic rings. The minimum absolute atomic E-state index is 0.248. The maximum Gasteiger partial charge on any atom is 0.410 e. The van der Waals surface area contributed by atoms with Crippen LogP contribution in [0.3, 0.4) is 0 Å². The second kappa shape index (κ2) is 9.26. The number of aromatic nitrogens is 1. The Morgan fingerprint density at radius 2 is 1.93 bits per heavy atom. The SMILES string of the molecule is COC(=O)c1cc2c(CC3CCN(C(=O)OCc4ccccc4)CC3)cncc2s1. The smallest absolute Gasteiger partial charge is 0.410 e. The summed E-state index contributed by atoms with van der Waals surface area (Å²) in [7, 11) is 1.39. The van der Waals surface area contributed by atoms with Crippen LogP contribution in [-0.4, -0.2) is 42.1 Å². The van der Waals surface area contributed by atoms with Crippen molar-refractivity contribution in [1.82, 2.24) is 9.88 Å². The molecule has 0 spiro atoms. The third kappa shape index (κ3) is 4.62. The highest BCUT2D eigenvalue weighted by Crippen LogP contribution is 2.31. The van der Waals surface area contributed by atoms with E-state index < -0.39 is 0 Å². The first-order valence-electron chi connectivity index (χ1n) is 10.0. The van der Waals surface area contributed by atoms with Crippen molar-refractivity contribution in [3.05, 3.63) is 64.8 Å². The first kappa shape index (κ1) is 20.3. The maximum atomic E-state index is 12.4. The molecule has 1 aliphatic rings. The molecule has 1 amide bonds. The average molecular weight is 425 g/mol. The topological polar surface area (TPSA) is 68.7 Å². The highest BCUT2D eigenvalue weighted by atomic mass is 32.1. The molecule has 0 radical (unpaired) electrons. The number of hydrogen-bond acceptors (Lipinski definition) is 6. The van der Waals surface area contributed by atoms with Gasteiger partial charge in [0.15, 0.2) is 0 Å². The van der Waals surface area contributed by atoms with Crippen molar-refractivity contribution in [3.63, 3.8) is 0 Å². The van der Waals surface area contributed by atoms with Gasteiger partial charge < -0.3 is 14.4 Å². The van der Waals surface area contributed by atoms with E-state index >= 15 is 0 Å². The van der Waals surface area contributed by atoms with Crippen LogP contribution in [0, 0.1) is 5.92 Å². The number of amides is 1. The predicted octanol–water partition coefficient (Wildman–Crippen LogP) is 4.67. The fourth-order valence-corrected chi connectivity index (χ4v) is 4.82. The number of carbonyl (C=O) groups is 2. The third-order valence-electron chi connectivity index (χ3n) is 5.50. The summed E-state index contributed by atoms with van der Waals surface area (Å²) < 4.78 is 11.3. The molecule has 4 rings (SSSR count). The van der Waals surface area contributed by atoms with Crippen molar-refractivity contribution in [3.8, 4) is 0 Å². The molecular formula is C23H24N2O4S. The van der Waals surface area contributed by atoms with Gasteiger partial charge in [-0.2, -0.15) is 0 Å². The van der Waals surface area contributed by atoms with Crippen molar-refractivity contribution in [2.45, 2.75) is 25.9 Å². The van der Waals surface area contributed by atoms with E-state index in [0.717, 1.165) is 40.5 Å². The highest BCUT2D eigenvalue weighted by molar-refractivity contribution is 7.20. The van der Waals surface area contributed by atoms with E-state index in [1.165, 1.54) is 18.4 Å². The molecule has 0 bridgehead atoms. The van der Waals surface area contributed by atoms with Crippen molar-refractivity contribution < 1.29 is 19.1 Å². The average Bonchev–Trinajstić information content (AvgIpc) is 3.24. The standard InChI is InChI=1S/C23H24N2O4S/c1-28-22(26)20-12-19-18(13-24-14-21(19)30-20)11-16-7-9-25(10-8-16)23(27)29-15-17-5-3-2-4-6-17/h2-6,12-14,16H,7-11,15H2,1H3. The van der Waals surface area contributed by atoms with Gasteiger partial charge in [-0.25, -0.2) is 9.59 Å².